The second-order valence-electron chi connectivity index (χ2n) is 5.62. The Morgan fingerprint density at radius 2 is 1.70 bits per heavy atom. The number of hydrogen-bond acceptors (Lipinski definition) is 2. The minimum absolute atomic E-state index is 0.851. The maximum Gasteiger partial charge on any atom is 0.0926 e. The number of aliphatic imine (C=N–C) groups is 1. The second-order valence-corrected chi connectivity index (χ2v) is 7.33. The lowest BCUT2D eigenvalue weighted by Gasteiger charge is -2.02. The lowest BCUT2D eigenvalue weighted by Crippen LogP contribution is -1.89. The number of benzene rings is 2. The third kappa shape index (κ3) is 3.26. The average Bonchev–Trinajstić information content (AvgIpc) is 3.14. The standard InChI is InChI=1S/C9H9BrN2.C9H8BrN/c1-6-7-5-12(2)11-9(7)4-3-8(6)10;1-6-8-5-11-4-7(8)2-3-9(6)10/h3-5H,1-2H3;2-3,5H,4H2,1H3. The molecule has 0 spiro atoms. The minimum atomic E-state index is 0.851. The molecule has 23 heavy (non-hydrogen) atoms. The van der Waals surface area contributed by atoms with Crippen LogP contribution in [0.1, 0.15) is 22.3 Å². The normalized spacial score (nSPS) is 12.2. The smallest absolute Gasteiger partial charge is 0.0926 e. The molecule has 0 fully saturated rings. The Hall–Kier alpha value is -1.46. The van der Waals surface area contributed by atoms with Crippen molar-refractivity contribution < 1.29 is 0 Å². The number of halogens is 2. The van der Waals surface area contributed by atoms with Gasteiger partial charge in [-0.3, -0.25) is 9.67 Å². The van der Waals surface area contributed by atoms with E-state index in [0.29, 0.717) is 0 Å². The highest BCUT2D eigenvalue weighted by atomic mass is 79.9. The largest absolute Gasteiger partial charge is 0.288 e. The first kappa shape index (κ1) is 16.4. The van der Waals surface area contributed by atoms with Crippen molar-refractivity contribution >= 4 is 49.0 Å². The highest BCUT2D eigenvalue weighted by molar-refractivity contribution is 9.10. The number of hydrogen-bond donors (Lipinski definition) is 0. The number of rotatable bonds is 0. The van der Waals surface area contributed by atoms with Crippen LogP contribution >= 0.6 is 31.9 Å². The number of aryl methyl sites for hydroxylation is 2. The van der Waals surface area contributed by atoms with Crippen LogP contribution in [0.15, 0.2) is 44.4 Å². The fraction of sp³-hybridized carbons (Fsp3) is 0.222. The summed E-state index contributed by atoms with van der Waals surface area (Å²) in [7, 11) is 1.94. The quantitative estimate of drug-likeness (QED) is 0.470. The van der Waals surface area contributed by atoms with E-state index in [4.69, 9.17) is 0 Å². The van der Waals surface area contributed by atoms with Crippen molar-refractivity contribution in [3.05, 3.63) is 61.7 Å². The molecule has 1 aromatic heterocycles. The van der Waals surface area contributed by atoms with Crippen molar-refractivity contribution in [3.8, 4) is 0 Å². The summed E-state index contributed by atoms with van der Waals surface area (Å²) in [6.07, 6.45) is 3.99. The zero-order chi connectivity index (χ0) is 16.6. The zero-order valence-electron chi connectivity index (χ0n) is 13.3. The Morgan fingerprint density at radius 3 is 2.48 bits per heavy atom. The first-order chi connectivity index (χ1) is 11.0. The van der Waals surface area contributed by atoms with Gasteiger partial charge in [0.2, 0.25) is 0 Å². The van der Waals surface area contributed by atoms with Gasteiger partial charge < -0.3 is 0 Å². The Labute approximate surface area is 152 Å². The average molecular weight is 435 g/mol. The van der Waals surface area contributed by atoms with Crippen LogP contribution in [0, 0.1) is 13.8 Å². The van der Waals surface area contributed by atoms with Gasteiger partial charge in [0.15, 0.2) is 0 Å². The van der Waals surface area contributed by atoms with Crippen LogP contribution in [0.3, 0.4) is 0 Å². The van der Waals surface area contributed by atoms with Crippen molar-refractivity contribution in [1.29, 1.82) is 0 Å². The van der Waals surface area contributed by atoms with Gasteiger partial charge in [0, 0.05) is 39.4 Å². The lowest BCUT2D eigenvalue weighted by atomic mass is 10.1. The Balaban J connectivity index is 0.000000136. The molecule has 1 aliphatic heterocycles. The van der Waals surface area contributed by atoms with Crippen molar-refractivity contribution in [1.82, 2.24) is 9.78 Å². The molecule has 4 rings (SSSR count). The fourth-order valence-corrected chi connectivity index (χ4v) is 3.33. The predicted octanol–water partition coefficient (Wildman–Crippen LogP) is 5.33. The Morgan fingerprint density at radius 1 is 1.00 bits per heavy atom. The highest BCUT2D eigenvalue weighted by Crippen LogP contribution is 2.25. The molecule has 3 aromatic rings. The summed E-state index contributed by atoms with van der Waals surface area (Å²) in [4.78, 5) is 4.21. The molecule has 0 saturated heterocycles. The third-order valence-electron chi connectivity index (χ3n) is 4.03. The van der Waals surface area contributed by atoms with Crippen LogP contribution in [0.2, 0.25) is 0 Å². The summed E-state index contributed by atoms with van der Waals surface area (Å²) >= 11 is 6.98. The molecule has 0 N–H and O–H groups in total. The summed E-state index contributed by atoms with van der Waals surface area (Å²) in [5.41, 5.74) is 6.23. The molecule has 2 heterocycles. The molecule has 3 nitrogen and oxygen atoms in total. The molecule has 0 radical (unpaired) electrons. The van der Waals surface area contributed by atoms with Crippen molar-refractivity contribution in [2.75, 3.05) is 0 Å². The van der Waals surface area contributed by atoms with E-state index in [-0.39, 0.29) is 0 Å². The molecule has 0 saturated carbocycles. The van der Waals surface area contributed by atoms with Gasteiger partial charge in [-0.05, 0) is 48.7 Å². The molecule has 5 heteroatoms. The van der Waals surface area contributed by atoms with E-state index in [0.717, 1.165) is 16.5 Å². The zero-order valence-corrected chi connectivity index (χ0v) is 16.4. The Kier molecular flexibility index (Phi) is 4.69. The van der Waals surface area contributed by atoms with Crippen LogP contribution in [0.5, 0.6) is 0 Å². The second kappa shape index (κ2) is 6.57. The molecule has 1 aliphatic rings. The summed E-state index contributed by atoms with van der Waals surface area (Å²) < 4.78 is 4.15. The fourth-order valence-electron chi connectivity index (χ4n) is 2.63. The first-order valence-corrected chi connectivity index (χ1v) is 8.92. The number of fused-ring (bicyclic) bond motifs is 2. The number of nitrogens with zero attached hydrogens (tertiary/aromatic N) is 3. The minimum Gasteiger partial charge on any atom is -0.288 e. The maximum atomic E-state index is 4.31. The van der Waals surface area contributed by atoms with Gasteiger partial charge in [-0.1, -0.05) is 37.9 Å². The molecule has 0 unspecified atom stereocenters. The summed E-state index contributed by atoms with van der Waals surface area (Å²) in [6, 6.07) is 8.26. The molecular formula is C18H17Br2N3. The highest BCUT2D eigenvalue weighted by Gasteiger charge is 2.09. The maximum absolute atomic E-state index is 4.31. The van der Waals surface area contributed by atoms with Crippen molar-refractivity contribution in [3.63, 3.8) is 0 Å². The lowest BCUT2D eigenvalue weighted by molar-refractivity contribution is 0.779. The van der Waals surface area contributed by atoms with E-state index < -0.39 is 0 Å². The molecule has 118 valence electrons. The SMILES string of the molecule is Cc1c(Br)ccc2c1C=NC2.Cc1c(Br)ccc2nn(C)cc12. The predicted molar refractivity (Wildman–Crippen MR) is 103 cm³/mol. The van der Waals surface area contributed by atoms with E-state index in [1.807, 2.05) is 36.3 Å². The van der Waals surface area contributed by atoms with Gasteiger partial charge in [0.05, 0.1) is 12.1 Å². The van der Waals surface area contributed by atoms with Gasteiger partial charge in [-0.25, -0.2) is 0 Å². The number of aromatic nitrogens is 2. The molecule has 0 bridgehead atoms. The van der Waals surface area contributed by atoms with E-state index >= 15 is 0 Å². The Bertz CT molecular complexity index is 910. The van der Waals surface area contributed by atoms with Gasteiger partial charge in [-0.2, -0.15) is 5.10 Å². The summed E-state index contributed by atoms with van der Waals surface area (Å²) in [6.45, 7) is 5.05. The van der Waals surface area contributed by atoms with E-state index in [1.165, 1.54) is 32.1 Å². The van der Waals surface area contributed by atoms with E-state index in [2.05, 4.69) is 67.9 Å². The van der Waals surface area contributed by atoms with Crippen molar-refractivity contribution in [2.24, 2.45) is 12.0 Å². The van der Waals surface area contributed by atoms with Crippen LogP contribution < -0.4 is 0 Å². The van der Waals surface area contributed by atoms with Gasteiger partial charge in [-0.15, -0.1) is 0 Å². The van der Waals surface area contributed by atoms with E-state index in [9.17, 15) is 0 Å². The molecule has 0 aliphatic carbocycles. The molecule has 2 aromatic carbocycles. The summed E-state index contributed by atoms with van der Waals surface area (Å²) in [5, 5.41) is 5.53. The van der Waals surface area contributed by atoms with Gasteiger partial charge in [0.25, 0.3) is 0 Å². The topological polar surface area (TPSA) is 30.2 Å². The van der Waals surface area contributed by atoms with E-state index in [1.54, 1.807) is 0 Å². The van der Waals surface area contributed by atoms with Crippen LogP contribution in [-0.4, -0.2) is 16.0 Å². The van der Waals surface area contributed by atoms with Gasteiger partial charge in [0.1, 0.15) is 0 Å². The first-order valence-electron chi connectivity index (χ1n) is 7.33. The molecule has 0 amide bonds. The van der Waals surface area contributed by atoms with Crippen LogP contribution in [0.4, 0.5) is 0 Å². The van der Waals surface area contributed by atoms with Crippen LogP contribution in [-0.2, 0) is 13.6 Å². The van der Waals surface area contributed by atoms with Crippen molar-refractivity contribution in [2.45, 2.75) is 20.4 Å². The molecular weight excluding hydrogens is 418 g/mol. The summed E-state index contributed by atoms with van der Waals surface area (Å²) in [5.74, 6) is 0. The third-order valence-corrected chi connectivity index (χ3v) is 5.75. The van der Waals surface area contributed by atoms with Gasteiger partial charge >= 0.3 is 0 Å². The molecule has 0 atom stereocenters. The monoisotopic (exact) mass is 433 g/mol. The van der Waals surface area contributed by atoms with Crippen LogP contribution in [0.25, 0.3) is 10.9 Å².